The van der Waals surface area contributed by atoms with Crippen molar-refractivity contribution in [3.8, 4) is 0 Å². The Kier molecular flexibility index (Phi) is 0.508. The van der Waals surface area contributed by atoms with Crippen LogP contribution < -0.4 is 5.73 Å². The van der Waals surface area contributed by atoms with E-state index in [2.05, 4.69) is 6.92 Å². The van der Waals surface area contributed by atoms with Gasteiger partial charge < -0.3 is 5.73 Å². The Hall–Kier alpha value is -0.0400. The predicted molar refractivity (Wildman–Crippen MR) is 35.8 cm³/mol. The highest BCUT2D eigenvalue weighted by Gasteiger charge is 2.76. The third kappa shape index (κ3) is 0.295. The van der Waals surface area contributed by atoms with E-state index in [4.69, 9.17) is 5.73 Å². The lowest BCUT2D eigenvalue weighted by Gasteiger charge is -2.44. The van der Waals surface area contributed by atoms with E-state index in [-0.39, 0.29) is 5.54 Å². The van der Waals surface area contributed by atoms with Gasteiger partial charge >= 0.3 is 0 Å². The van der Waals surface area contributed by atoms with E-state index in [1.54, 1.807) is 0 Å². The summed E-state index contributed by atoms with van der Waals surface area (Å²) in [5, 5.41) is 0. The molecule has 3 rings (SSSR count). The minimum Gasteiger partial charge on any atom is -0.325 e. The molecule has 0 amide bonds. The summed E-state index contributed by atoms with van der Waals surface area (Å²) in [6.45, 7) is 2.25. The van der Waals surface area contributed by atoms with E-state index in [1.165, 1.54) is 12.8 Å². The fourth-order valence-electron chi connectivity index (χ4n) is 3.62. The minimum absolute atomic E-state index is 0.271. The van der Waals surface area contributed by atoms with Crippen LogP contribution in [0.5, 0.6) is 0 Å². The Labute approximate surface area is 55.6 Å². The van der Waals surface area contributed by atoms with Crippen LogP contribution in [-0.2, 0) is 0 Å². The lowest BCUT2D eigenvalue weighted by atomic mass is 9.66. The molecule has 2 N–H and O–H groups in total. The molecule has 5 atom stereocenters. The van der Waals surface area contributed by atoms with Crippen LogP contribution in [0.2, 0.25) is 0 Å². The zero-order valence-corrected chi connectivity index (χ0v) is 5.80. The van der Waals surface area contributed by atoms with Crippen molar-refractivity contribution in [1.82, 2.24) is 0 Å². The second-order valence-corrected chi connectivity index (χ2v) is 4.32. The third-order valence-electron chi connectivity index (χ3n) is 4.02. The van der Waals surface area contributed by atoms with Gasteiger partial charge in [0.05, 0.1) is 0 Å². The standard InChI is InChI=1S/C8H13N/c1-8(9)5-3-2-4-6(5)7(4)8/h4-7H,2-3,9H2,1H3. The number of hydrogen-bond acceptors (Lipinski definition) is 1. The van der Waals surface area contributed by atoms with Gasteiger partial charge in [0.1, 0.15) is 0 Å². The SMILES string of the molecule is CC1(N)C2CCC3C2C31. The molecule has 0 heterocycles. The molecule has 1 nitrogen and oxygen atoms in total. The second-order valence-electron chi connectivity index (χ2n) is 4.32. The van der Waals surface area contributed by atoms with E-state index in [0.717, 1.165) is 23.7 Å². The summed E-state index contributed by atoms with van der Waals surface area (Å²) in [5.41, 5.74) is 6.36. The van der Waals surface area contributed by atoms with Gasteiger partial charge in [-0.25, -0.2) is 0 Å². The minimum atomic E-state index is 0.271. The topological polar surface area (TPSA) is 26.0 Å². The van der Waals surface area contributed by atoms with Crippen LogP contribution in [0.15, 0.2) is 0 Å². The normalized spacial score (nSPS) is 75.3. The molecular weight excluding hydrogens is 110 g/mol. The molecule has 0 bridgehead atoms. The summed E-state index contributed by atoms with van der Waals surface area (Å²) in [7, 11) is 0. The highest BCUT2D eigenvalue weighted by Crippen LogP contribution is 2.76. The van der Waals surface area contributed by atoms with Crippen molar-refractivity contribution in [1.29, 1.82) is 0 Å². The molecule has 0 saturated heterocycles. The van der Waals surface area contributed by atoms with Crippen LogP contribution in [0.3, 0.4) is 0 Å². The quantitative estimate of drug-likeness (QED) is 0.510. The molecule has 3 aliphatic rings. The summed E-state index contributed by atoms with van der Waals surface area (Å²) in [4.78, 5) is 0. The maximum absolute atomic E-state index is 6.09. The summed E-state index contributed by atoms with van der Waals surface area (Å²) in [6, 6.07) is 0. The fraction of sp³-hybridized carbons (Fsp3) is 1.00. The molecule has 0 aromatic rings. The third-order valence-corrected chi connectivity index (χ3v) is 4.02. The van der Waals surface area contributed by atoms with Gasteiger partial charge in [-0.3, -0.25) is 0 Å². The van der Waals surface area contributed by atoms with Crippen molar-refractivity contribution < 1.29 is 0 Å². The molecule has 50 valence electrons. The van der Waals surface area contributed by atoms with E-state index in [1.807, 2.05) is 0 Å². The first-order valence-electron chi connectivity index (χ1n) is 4.02. The maximum Gasteiger partial charge on any atom is 0.0191 e. The monoisotopic (exact) mass is 123 g/mol. The Morgan fingerprint density at radius 1 is 1.44 bits per heavy atom. The van der Waals surface area contributed by atoms with Crippen molar-refractivity contribution in [2.75, 3.05) is 0 Å². The second kappa shape index (κ2) is 0.968. The van der Waals surface area contributed by atoms with Crippen LogP contribution in [0, 0.1) is 23.7 Å². The summed E-state index contributed by atoms with van der Waals surface area (Å²) in [5.74, 6) is 4.05. The smallest absolute Gasteiger partial charge is 0.0191 e. The van der Waals surface area contributed by atoms with Gasteiger partial charge in [0.2, 0.25) is 0 Å². The van der Waals surface area contributed by atoms with Crippen molar-refractivity contribution in [3.63, 3.8) is 0 Å². The molecular formula is C8H13N. The van der Waals surface area contributed by atoms with Gasteiger partial charge in [-0.1, -0.05) is 0 Å². The molecule has 1 heteroatoms. The Morgan fingerprint density at radius 3 is 2.44 bits per heavy atom. The molecule has 0 spiro atoms. The lowest BCUT2D eigenvalue weighted by molar-refractivity contribution is 0.112. The lowest BCUT2D eigenvalue weighted by Crippen LogP contribution is -2.55. The predicted octanol–water partition coefficient (Wildman–Crippen LogP) is 0.990. The summed E-state index contributed by atoms with van der Waals surface area (Å²) < 4.78 is 0. The fourth-order valence-corrected chi connectivity index (χ4v) is 3.62. The van der Waals surface area contributed by atoms with Gasteiger partial charge in [0.25, 0.3) is 0 Å². The first-order valence-corrected chi connectivity index (χ1v) is 4.02. The van der Waals surface area contributed by atoms with Gasteiger partial charge in [0.15, 0.2) is 0 Å². The molecule has 0 aliphatic heterocycles. The first-order chi connectivity index (χ1) is 4.23. The van der Waals surface area contributed by atoms with Crippen molar-refractivity contribution in [2.45, 2.75) is 25.3 Å². The van der Waals surface area contributed by atoms with Gasteiger partial charge in [-0.05, 0) is 43.4 Å². The Morgan fingerprint density at radius 2 is 2.22 bits per heavy atom. The van der Waals surface area contributed by atoms with E-state index < -0.39 is 0 Å². The van der Waals surface area contributed by atoms with Gasteiger partial charge in [-0.15, -0.1) is 0 Å². The van der Waals surface area contributed by atoms with Crippen molar-refractivity contribution in [3.05, 3.63) is 0 Å². The van der Waals surface area contributed by atoms with E-state index in [9.17, 15) is 0 Å². The van der Waals surface area contributed by atoms with Gasteiger partial charge in [0, 0.05) is 5.54 Å². The Balaban J connectivity index is 2.02. The highest BCUT2D eigenvalue weighted by molar-refractivity contribution is 5.28. The average Bonchev–Trinajstić information content (AvgIpc) is 2.32. The van der Waals surface area contributed by atoms with Crippen molar-refractivity contribution in [2.24, 2.45) is 29.4 Å². The molecule has 3 fully saturated rings. The molecule has 5 unspecified atom stereocenters. The molecule has 0 aromatic heterocycles. The highest BCUT2D eigenvalue weighted by atomic mass is 15.0. The molecule has 0 radical (unpaired) electrons. The van der Waals surface area contributed by atoms with Crippen LogP contribution in [0.4, 0.5) is 0 Å². The molecule has 9 heavy (non-hydrogen) atoms. The number of hydrogen-bond donors (Lipinski definition) is 1. The van der Waals surface area contributed by atoms with Gasteiger partial charge in [-0.2, -0.15) is 0 Å². The van der Waals surface area contributed by atoms with Crippen LogP contribution >= 0.6 is 0 Å². The number of nitrogens with two attached hydrogens (primary N) is 1. The van der Waals surface area contributed by atoms with Crippen molar-refractivity contribution >= 4 is 0 Å². The van der Waals surface area contributed by atoms with E-state index >= 15 is 0 Å². The number of rotatable bonds is 0. The largest absolute Gasteiger partial charge is 0.325 e. The van der Waals surface area contributed by atoms with Crippen LogP contribution in [0.1, 0.15) is 19.8 Å². The van der Waals surface area contributed by atoms with Crippen LogP contribution in [-0.4, -0.2) is 5.54 Å². The summed E-state index contributed by atoms with van der Waals surface area (Å²) >= 11 is 0. The molecule has 0 aromatic carbocycles. The Bertz CT molecular complexity index is 169. The van der Waals surface area contributed by atoms with E-state index in [0.29, 0.717) is 0 Å². The maximum atomic E-state index is 6.09. The zero-order valence-electron chi connectivity index (χ0n) is 5.80. The van der Waals surface area contributed by atoms with Crippen LogP contribution in [0.25, 0.3) is 0 Å². The molecule has 3 saturated carbocycles. The zero-order chi connectivity index (χ0) is 6.22. The summed E-state index contributed by atoms with van der Waals surface area (Å²) in [6.07, 6.45) is 2.92. The average molecular weight is 123 g/mol. The number of fused-ring (bicyclic) bond motifs is 1. The first kappa shape index (κ1) is 4.73. The molecule has 3 aliphatic carbocycles.